The van der Waals surface area contributed by atoms with Crippen molar-refractivity contribution in [3.63, 3.8) is 0 Å². The quantitative estimate of drug-likeness (QED) is 0.459. The van der Waals surface area contributed by atoms with Crippen molar-refractivity contribution in [1.82, 2.24) is 4.98 Å². The molecule has 0 radical (unpaired) electrons. The Morgan fingerprint density at radius 1 is 1.05 bits per heavy atom. The van der Waals surface area contributed by atoms with Crippen LogP contribution in [-0.2, 0) is 0 Å². The summed E-state index contributed by atoms with van der Waals surface area (Å²) in [6.45, 7) is 0. The second-order valence-corrected chi connectivity index (χ2v) is 6.49. The molecular formula is C13H5Br2Cl2NO. The third-order valence-electron chi connectivity index (χ3n) is 2.57. The van der Waals surface area contributed by atoms with E-state index in [4.69, 9.17) is 27.6 Å². The molecule has 19 heavy (non-hydrogen) atoms. The number of aromatic nitrogens is 1. The Labute approximate surface area is 136 Å². The molecule has 0 saturated carbocycles. The van der Waals surface area contributed by atoms with Crippen molar-refractivity contribution in [2.75, 3.05) is 0 Å². The van der Waals surface area contributed by atoms with E-state index in [2.05, 4.69) is 36.8 Å². The number of rotatable bonds is 1. The van der Waals surface area contributed by atoms with Crippen LogP contribution in [0.5, 0.6) is 0 Å². The second-order valence-electron chi connectivity index (χ2n) is 3.88. The summed E-state index contributed by atoms with van der Waals surface area (Å²) >= 11 is 18.9. The molecule has 3 aromatic rings. The molecule has 2 aromatic carbocycles. The topological polar surface area (TPSA) is 26.0 Å². The van der Waals surface area contributed by atoms with Crippen LogP contribution in [0.1, 0.15) is 0 Å². The number of hydrogen-bond acceptors (Lipinski definition) is 2. The summed E-state index contributed by atoms with van der Waals surface area (Å²) in [7, 11) is 0. The summed E-state index contributed by atoms with van der Waals surface area (Å²) < 4.78 is 7.57. The summed E-state index contributed by atoms with van der Waals surface area (Å²) in [6, 6.07) is 9.12. The van der Waals surface area contributed by atoms with Crippen LogP contribution in [0.15, 0.2) is 43.7 Å². The maximum atomic E-state index is 6.09. The standard InChI is InChI=1S/C13H5Br2Cl2NO/c14-6-1-2-8(9(15)3-6)13-18-11-5-7(16)4-10(17)12(11)19-13/h1-5H. The average Bonchev–Trinajstić information content (AvgIpc) is 2.72. The van der Waals surface area contributed by atoms with E-state index in [1.807, 2.05) is 18.2 Å². The van der Waals surface area contributed by atoms with Crippen LogP contribution in [0.2, 0.25) is 10.0 Å². The van der Waals surface area contributed by atoms with E-state index in [0.717, 1.165) is 14.5 Å². The van der Waals surface area contributed by atoms with Gasteiger partial charge in [0.1, 0.15) is 5.52 Å². The van der Waals surface area contributed by atoms with Gasteiger partial charge in [0.2, 0.25) is 5.89 Å². The van der Waals surface area contributed by atoms with Gasteiger partial charge in [0.15, 0.2) is 5.58 Å². The van der Waals surface area contributed by atoms with Gasteiger partial charge in [-0.25, -0.2) is 4.98 Å². The van der Waals surface area contributed by atoms with Gasteiger partial charge in [-0.3, -0.25) is 0 Å². The Morgan fingerprint density at radius 3 is 2.58 bits per heavy atom. The summed E-state index contributed by atoms with van der Waals surface area (Å²) in [5.41, 5.74) is 2.03. The van der Waals surface area contributed by atoms with Crippen LogP contribution in [-0.4, -0.2) is 4.98 Å². The lowest BCUT2D eigenvalue weighted by Crippen LogP contribution is -1.79. The predicted octanol–water partition coefficient (Wildman–Crippen LogP) is 6.33. The maximum absolute atomic E-state index is 6.09. The fraction of sp³-hybridized carbons (Fsp3) is 0. The van der Waals surface area contributed by atoms with Gasteiger partial charge < -0.3 is 4.42 Å². The molecule has 6 heteroatoms. The van der Waals surface area contributed by atoms with E-state index in [9.17, 15) is 0 Å². The third-order valence-corrected chi connectivity index (χ3v) is 4.22. The molecule has 0 spiro atoms. The molecule has 2 nitrogen and oxygen atoms in total. The van der Waals surface area contributed by atoms with Gasteiger partial charge in [0, 0.05) is 14.0 Å². The summed E-state index contributed by atoms with van der Waals surface area (Å²) in [5, 5.41) is 0.988. The molecule has 0 saturated heterocycles. The first-order chi connectivity index (χ1) is 9.04. The van der Waals surface area contributed by atoms with Crippen LogP contribution in [0, 0.1) is 0 Å². The molecule has 0 aliphatic rings. The number of oxazole rings is 1. The smallest absolute Gasteiger partial charge is 0.228 e. The highest BCUT2D eigenvalue weighted by Gasteiger charge is 2.14. The summed E-state index contributed by atoms with van der Waals surface area (Å²) in [4.78, 5) is 4.41. The molecule has 0 unspecified atom stereocenters. The second kappa shape index (κ2) is 5.09. The summed E-state index contributed by atoms with van der Waals surface area (Å²) in [6.07, 6.45) is 0. The monoisotopic (exact) mass is 419 g/mol. The molecule has 3 rings (SSSR count). The van der Waals surface area contributed by atoms with Gasteiger partial charge in [0.05, 0.1) is 10.6 Å². The predicted molar refractivity (Wildman–Crippen MR) is 84.9 cm³/mol. The summed E-state index contributed by atoms with van der Waals surface area (Å²) in [5.74, 6) is 0.499. The van der Waals surface area contributed by atoms with E-state index in [0.29, 0.717) is 27.0 Å². The van der Waals surface area contributed by atoms with E-state index in [1.54, 1.807) is 12.1 Å². The first kappa shape index (κ1) is 13.4. The fourth-order valence-corrected chi connectivity index (χ4v) is 3.48. The van der Waals surface area contributed by atoms with Crippen molar-refractivity contribution in [2.24, 2.45) is 0 Å². The highest BCUT2D eigenvalue weighted by atomic mass is 79.9. The molecule has 0 amide bonds. The van der Waals surface area contributed by atoms with E-state index in [-0.39, 0.29) is 0 Å². The fourth-order valence-electron chi connectivity index (χ4n) is 1.74. The van der Waals surface area contributed by atoms with Crippen molar-refractivity contribution >= 4 is 66.2 Å². The molecule has 0 bridgehead atoms. The number of hydrogen-bond donors (Lipinski definition) is 0. The lowest BCUT2D eigenvalue weighted by molar-refractivity contribution is 0.619. The number of benzene rings is 2. The molecule has 96 valence electrons. The zero-order valence-corrected chi connectivity index (χ0v) is 13.9. The molecule has 0 atom stereocenters. The van der Waals surface area contributed by atoms with E-state index < -0.39 is 0 Å². The van der Waals surface area contributed by atoms with Crippen molar-refractivity contribution in [2.45, 2.75) is 0 Å². The van der Waals surface area contributed by atoms with Crippen molar-refractivity contribution in [1.29, 1.82) is 0 Å². The highest BCUT2D eigenvalue weighted by molar-refractivity contribution is 9.11. The van der Waals surface area contributed by atoms with Crippen molar-refractivity contribution < 1.29 is 4.42 Å². The first-order valence-electron chi connectivity index (χ1n) is 5.25. The molecule has 0 aliphatic carbocycles. The Hall–Kier alpha value is -0.550. The van der Waals surface area contributed by atoms with Crippen LogP contribution < -0.4 is 0 Å². The number of halogens is 4. The third kappa shape index (κ3) is 2.55. The molecule has 0 N–H and O–H groups in total. The van der Waals surface area contributed by atoms with Crippen LogP contribution in [0.4, 0.5) is 0 Å². The lowest BCUT2D eigenvalue weighted by Gasteiger charge is -1.99. The van der Waals surface area contributed by atoms with Gasteiger partial charge in [0.25, 0.3) is 0 Å². The normalized spacial score (nSPS) is 11.2. The maximum Gasteiger partial charge on any atom is 0.228 e. The van der Waals surface area contributed by atoms with Crippen LogP contribution >= 0.6 is 55.1 Å². The highest BCUT2D eigenvalue weighted by Crippen LogP contribution is 2.35. The largest absolute Gasteiger partial charge is 0.434 e. The Balaban J connectivity index is 2.23. The van der Waals surface area contributed by atoms with Crippen LogP contribution in [0.25, 0.3) is 22.6 Å². The average molecular weight is 422 g/mol. The number of fused-ring (bicyclic) bond motifs is 1. The number of nitrogens with zero attached hydrogens (tertiary/aromatic N) is 1. The van der Waals surface area contributed by atoms with Gasteiger partial charge in [-0.05, 0) is 46.3 Å². The zero-order chi connectivity index (χ0) is 13.6. The Bertz CT molecular complexity index is 786. The van der Waals surface area contributed by atoms with Gasteiger partial charge in [-0.15, -0.1) is 0 Å². The minimum absolute atomic E-state index is 0.453. The van der Waals surface area contributed by atoms with E-state index >= 15 is 0 Å². The van der Waals surface area contributed by atoms with Gasteiger partial charge in [-0.1, -0.05) is 39.1 Å². The van der Waals surface area contributed by atoms with E-state index in [1.165, 1.54) is 0 Å². The molecule has 0 aliphatic heterocycles. The molecule has 0 fully saturated rings. The lowest BCUT2D eigenvalue weighted by atomic mass is 10.2. The Kier molecular flexibility index (Phi) is 3.60. The Morgan fingerprint density at radius 2 is 1.84 bits per heavy atom. The van der Waals surface area contributed by atoms with Crippen LogP contribution in [0.3, 0.4) is 0 Å². The minimum Gasteiger partial charge on any atom is -0.434 e. The molecular weight excluding hydrogens is 417 g/mol. The minimum atomic E-state index is 0.453. The van der Waals surface area contributed by atoms with Gasteiger partial charge in [-0.2, -0.15) is 0 Å². The molecule has 1 aromatic heterocycles. The molecule has 1 heterocycles. The van der Waals surface area contributed by atoms with Crippen molar-refractivity contribution in [3.8, 4) is 11.5 Å². The SMILES string of the molecule is Clc1cc(Cl)c2oc(-c3ccc(Br)cc3Br)nc2c1. The van der Waals surface area contributed by atoms with Gasteiger partial charge >= 0.3 is 0 Å². The first-order valence-corrected chi connectivity index (χ1v) is 7.60. The zero-order valence-electron chi connectivity index (χ0n) is 9.25. The van der Waals surface area contributed by atoms with Crippen molar-refractivity contribution in [3.05, 3.63) is 49.3 Å².